The average Bonchev–Trinajstić information content (AvgIpc) is 2.61. The highest BCUT2D eigenvalue weighted by Gasteiger charge is 2.31. The molecule has 0 radical (unpaired) electrons. The molecule has 2 aliphatic heterocycles. The van der Waals surface area contributed by atoms with Crippen LogP contribution >= 0.6 is 0 Å². The van der Waals surface area contributed by atoms with Crippen LogP contribution in [-0.2, 0) is 14.8 Å². The summed E-state index contributed by atoms with van der Waals surface area (Å²) in [6.07, 6.45) is 1.72. The van der Waals surface area contributed by atoms with Crippen LogP contribution in [0.3, 0.4) is 0 Å². The Morgan fingerprint density at radius 1 is 1.19 bits per heavy atom. The molecule has 2 saturated heterocycles. The van der Waals surface area contributed by atoms with Gasteiger partial charge in [0.15, 0.2) is 0 Å². The Morgan fingerprint density at radius 3 is 2.58 bits per heavy atom. The largest absolute Gasteiger partial charge is 0.369 e. The van der Waals surface area contributed by atoms with Crippen molar-refractivity contribution in [1.29, 1.82) is 0 Å². The third-order valence-electron chi connectivity index (χ3n) is 5.12. The zero-order chi connectivity index (χ0) is 18.7. The van der Waals surface area contributed by atoms with Gasteiger partial charge >= 0.3 is 0 Å². The predicted octanol–water partition coefficient (Wildman–Crippen LogP) is 0.397. The molecular weight excluding hydrogens is 352 g/mol. The van der Waals surface area contributed by atoms with E-state index in [4.69, 9.17) is 5.73 Å². The summed E-state index contributed by atoms with van der Waals surface area (Å²) in [5.41, 5.74) is 8.19. The number of hydrogen-bond donors (Lipinski definition) is 1. The van der Waals surface area contributed by atoms with Crippen LogP contribution in [0.25, 0.3) is 0 Å². The second kappa shape index (κ2) is 7.94. The number of hydrogen-bond acceptors (Lipinski definition) is 5. The second-order valence-electron chi connectivity index (χ2n) is 7.22. The van der Waals surface area contributed by atoms with Gasteiger partial charge in [0.25, 0.3) is 0 Å². The lowest BCUT2D eigenvalue weighted by Crippen LogP contribution is -2.52. The third-order valence-corrected chi connectivity index (χ3v) is 6.88. The summed E-state index contributed by atoms with van der Waals surface area (Å²) in [7, 11) is -3.59. The number of sulfonamides is 1. The van der Waals surface area contributed by atoms with Gasteiger partial charge in [-0.15, -0.1) is 0 Å². The molecule has 3 rings (SSSR count). The van der Waals surface area contributed by atoms with E-state index in [1.807, 2.05) is 25.1 Å². The molecule has 7 nitrogen and oxygen atoms in total. The van der Waals surface area contributed by atoms with Gasteiger partial charge in [0, 0.05) is 51.0 Å². The molecule has 1 amide bonds. The van der Waals surface area contributed by atoms with Crippen molar-refractivity contribution < 1.29 is 13.2 Å². The zero-order valence-corrected chi connectivity index (χ0v) is 16.1. The topological polar surface area (TPSA) is 87.0 Å². The van der Waals surface area contributed by atoms with Crippen molar-refractivity contribution in [2.24, 2.45) is 5.73 Å². The van der Waals surface area contributed by atoms with Gasteiger partial charge in [-0.25, -0.2) is 8.42 Å². The molecule has 2 heterocycles. The number of piperidine rings is 1. The van der Waals surface area contributed by atoms with Gasteiger partial charge in [-0.05, 0) is 37.5 Å². The van der Waals surface area contributed by atoms with Crippen LogP contribution in [0.15, 0.2) is 24.3 Å². The van der Waals surface area contributed by atoms with Gasteiger partial charge < -0.3 is 15.5 Å². The molecule has 0 aromatic heterocycles. The highest BCUT2D eigenvalue weighted by atomic mass is 32.2. The van der Waals surface area contributed by atoms with E-state index in [1.54, 1.807) is 4.90 Å². The minimum atomic E-state index is -3.59. The van der Waals surface area contributed by atoms with Crippen LogP contribution in [0.1, 0.15) is 18.4 Å². The Hall–Kier alpha value is -1.64. The average molecular weight is 381 g/mol. The van der Waals surface area contributed by atoms with E-state index in [0.29, 0.717) is 39.3 Å². The molecule has 1 unspecified atom stereocenters. The molecule has 2 fully saturated rings. The second-order valence-corrected chi connectivity index (χ2v) is 9.19. The highest BCUT2D eigenvalue weighted by molar-refractivity contribution is 7.89. The highest BCUT2D eigenvalue weighted by Crippen LogP contribution is 2.19. The number of rotatable bonds is 4. The van der Waals surface area contributed by atoms with Crippen molar-refractivity contribution in [3.8, 4) is 0 Å². The normalized spacial score (nSPS) is 22.5. The van der Waals surface area contributed by atoms with E-state index < -0.39 is 15.8 Å². The fourth-order valence-corrected chi connectivity index (χ4v) is 5.02. The van der Waals surface area contributed by atoms with Gasteiger partial charge in [0.2, 0.25) is 15.9 Å². The molecule has 0 saturated carbocycles. The fraction of sp³-hybridized carbons (Fsp3) is 0.611. The maximum absolute atomic E-state index is 12.6. The SMILES string of the molecule is Cc1cccc(N2CCN(S(=O)(=O)CC(=O)N3CCCC(N)C3)CC2)c1. The molecule has 1 aromatic carbocycles. The Bertz CT molecular complexity index is 745. The number of anilines is 1. The number of amides is 1. The van der Waals surface area contributed by atoms with E-state index in [9.17, 15) is 13.2 Å². The van der Waals surface area contributed by atoms with Crippen LogP contribution in [0.5, 0.6) is 0 Å². The standard InChI is InChI=1S/C18H28N4O3S/c1-15-4-2-6-17(12-15)20-8-10-22(11-9-20)26(24,25)14-18(23)21-7-3-5-16(19)13-21/h2,4,6,12,16H,3,5,7-11,13-14,19H2,1H3. The molecule has 8 heteroatoms. The lowest BCUT2D eigenvalue weighted by atomic mass is 10.1. The van der Waals surface area contributed by atoms with Crippen LogP contribution in [0.2, 0.25) is 0 Å². The number of nitrogens with two attached hydrogens (primary N) is 1. The van der Waals surface area contributed by atoms with Gasteiger partial charge in [0.05, 0.1) is 0 Å². The Morgan fingerprint density at radius 2 is 1.92 bits per heavy atom. The van der Waals surface area contributed by atoms with Crippen molar-refractivity contribution in [2.75, 3.05) is 49.9 Å². The third kappa shape index (κ3) is 4.55. The quantitative estimate of drug-likeness (QED) is 0.817. The van der Waals surface area contributed by atoms with Gasteiger partial charge in [0.1, 0.15) is 5.75 Å². The summed E-state index contributed by atoms with van der Waals surface area (Å²) < 4.78 is 26.7. The Kier molecular flexibility index (Phi) is 5.84. The maximum Gasteiger partial charge on any atom is 0.239 e. The number of aryl methyl sites for hydroxylation is 1. The molecule has 2 aliphatic rings. The predicted molar refractivity (Wildman–Crippen MR) is 103 cm³/mol. The van der Waals surface area contributed by atoms with Crippen LogP contribution in [-0.4, -0.2) is 74.6 Å². The zero-order valence-electron chi connectivity index (χ0n) is 15.3. The molecular formula is C18H28N4O3S. The number of carbonyl (C=O) groups excluding carboxylic acids is 1. The van der Waals surface area contributed by atoms with Crippen molar-refractivity contribution >= 4 is 21.6 Å². The first kappa shape index (κ1) is 19.1. The summed E-state index contributed by atoms with van der Waals surface area (Å²) in [4.78, 5) is 16.2. The van der Waals surface area contributed by atoms with Gasteiger partial charge in [-0.2, -0.15) is 4.31 Å². The summed E-state index contributed by atoms with van der Waals surface area (Å²) in [5.74, 6) is -0.786. The molecule has 0 bridgehead atoms. The van der Waals surface area contributed by atoms with Crippen LogP contribution < -0.4 is 10.6 Å². The number of piperazine rings is 1. The number of likely N-dealkylation sites (tertiary alicyclic amines) is 1. The molecule has 0 spiro atoms. The summed E-state index contributed by atoms with van der Waals surface area (Å²) in [6.45, 7) is 5.17. The minimum Gasteiger partial charge on any atom is -0.369 e. The van der Waals surface area contributed by atoms with Crippen LogP contribution in [0, 0.1) is 6.92 Å². The van der Waals surface area contributed by atoms with Crippen molar-refractivity contribution in [3.63, 3.8) is 0 Å². The summed E-state index contributed by atoms with van der Waals surface area (Å²) in [6, 6.07) is 8.15. The van der Waals surface area contributed by atoms with Gasteiger partial charge in [-0.1, -0.05) is 12.1 Å². The molecule has 26 heavy (non-hydrogen) atoms. The molecule has 0 aliphatic carbocycles. The lowest BCUT2D eigenvalue weighted by Gasteiger charge is -2.36. The fourth-order valence-electron chi connectivity index (χ4n) is 3.62. The van der Waals surface area contributed by atoms with Crippen molar-refractivity contribution in [2.45, 2.75) is 25.8 Å². The molecule has 2 N–H and O–H groups in total. The minimum absolute atomic E-state index is 0.0479. The van der Waals surface area contributed by atoms with Crippen LogP contribution in [0.4, 0.5) is 5.69 Å². The maximum atomic E-state index is 12.6. The molecule has 1 aromatic rings. The summed E-state index contributed by atoms with van der Waals surface area (Å²) >= 11 is 0. The number of benzene rings is 1. The first-order valence-corrected chi connectivity index (χ1v) is 10.8. The Balaban J connectivity index is 1.56. The van der Waals surface area contributed by atoms with E-state index >= 15 is 0 Å². The smallest absolute Gasteiger partial charge is 0.239 e. The van der Waals surface area contributed by atoms with Crippen molar-refractivity contribution in [3.05, 3.63) is 29.8 Å². The van der Waals surface area contributed by atoms with E-state index in [1.165, 1.54) is 9.87 Å². The molecule has 144 valence electrons. The van der Waals surface area contributed by atoms with E-state index in [-0.39, 0.29) is 11.9 Å². The summed E-state index contributed by atoms with van der Waals surface area (Å²) in [5, 5.41) is 0. The first-order chi connectivity index (χ1) is 12.3. The van der Waals surface area contributed by atoms with E-state index in [0.717, 1.165) is 18.5 Å². The lowest BCUT2D eigenvalue weighted by molar-refractivity contribution is -0.129. The van der Waals surface area contributed by atoms with Crippen molar-refractivity contribution in [1.82, 2.24) is 9.21 Å². The first-order valence-electron chi connectivity index (χ1n) is 9.18. The van der Waals surface area contributed by atoms with Gasteiger partial charge in [-0.3, -0.25) is 4.79 Å². The monoisotopic (exact) mass is 380 g/mol. The number of nitrogens with zero attached hydrogens (tertiary/aromatic N) is 3. The Labute approximate surface area is 155 Å². The molecule has 1 atom stereocenters. The number of carbonyl (C=O) groups is 1. The van der Waals surface area contributed by atoms with E-state index in [2.05, 4.69) is 11.0 Å².